The molecule has 1 atom stereocenters. The van der Waals surface area contributed by atoms with Gasteiger partial charge in [-0.2, -0.15) is 0 Å². The first-order chi connectivity index (χ1) is 9.65. The number of urea groups is 1. The number of hydrogen-bond donors (Lipinski definition) is 1. The molecule has 0 saturated carbocycles. The van der Waals surface area contributed by atoms with Crippen molar-refractivity contribution in [2.24, 2.45) is 0 Å². The highest BCUT2D eigenvalue weighted by molar-refractivity contribution is 6.30. The molecule has 1 aliphatic rings. The molecule has 0 bridgehead atoms. The van der Waals surface area contributed by atoms with E-state index < -0.39 is 0 Å². The fourth-order valence-electron chi connectivity index (χ4n) is 2.58. The zero-order valence-corrected chi connectivity index (χ0v) is 12.0. The van der Waals surface area contributed by atoms with Crippen molar-refractivity contribution in [2.45, 2.75) is 19.5 Å². The normalized spacial score (nSPS) is 17.7. The van der Waals surface area contributed by atoms with Gasteiger partial charge in [0.05, 0.1) is 6.04 Å². The first-order valence-corrected chi connectivity index (χ1v) is 7.01. The summed E-state index contributed by atoms with van der Waals surface area (Å²) in [6.07, 6.45) is 2.06. The maximum absolute atomic E-state index is 12.4. The minimum absolute atomic E-state index is 0.0750. The maximum Gasteiger partial charge on any atom is 0.322 e. The van der Waals surface area contributed by atoms with Crippen LogP contribution in [0.15, 0.2) is 42.6 Å². The van der Waals surface area contributed by atoms with Crippen molar-refractivity contribution in [3.8, 4) is 0 Å². The molecule has 4 nitrogen and oxygen atoms in total. The number of carbonyl (C=O) groups is 1. The van der Waals surface area contributed by atoms with Crippen LogP contribution in [0.1, 0.15) is 18.7 Å². The number of nitrogens with zero attached hydrogens (tertiary/aromatic N) is 2. The molecule has 1 aromatic heterocycles. The predicted molar refractivity (Wildman–Crippen MR) is 80.0 cm³/mol. The molecule has 3 rings (SSSR count). The van der Waals surface area contributed by atoms with E-state index >= 15 is 0 Å². The van der Waals surface area contributed by atoms with Crippen LogP contribution in [0.5, 0.6) is 0 Å². The van der Waals surface area contributed by atoms with E-state index in [2.05, 4.69) is 22.1 Å². The highest BCUT2D eigenvalue weighted by atomic mass is 35.5. The summed E-state index contributed by atoms with van der Waals surface area (Å²) in [4.78, 5) is 14.2. The van der Waals surface area contributed by atoms with Crippen LogP contribution in [-0.2, 0) is 6.54 Å². The summed E-state index contributed by atoms with van der Waals surface area (Å²) >= 11 is 5.84. The van der Waals surface area contributed by atoms with Gasteiger partial charge in [-0.15, -0.1) is 0 Å². The summed E-state index contributed by atoms with van der Waals surface area (Å²) in [6, 6.07) is 11.2. The standard InChI is InChI=1S/C15H16ClN3O/c1-11-14-3-2-8-18(14)9-10-19(11)15(20)17-13-6-4-12(16)5-7-13/h2-8,11H,9-10H2,1H3,(H,17,20)/t11-/m0/s1. The third-order valence-corrected chi connectivity index (χ3v) is 3.95. The first kappa shape index (κ1) is 13.1. The predicted octanol–water partition coefficient (Wildman–Crippen LogP) is 3.75. The number of carbonyl (C=O) groups excluding carboxylic acids is 1. The van der Waals surface area contributed by atoms with Gasteiger partial charge in [-0.25, -0.2) is 4.79 Å². The van der Waals surface area contributed by atoms with E-state index in [-0.39, 0.29) is 12.1 Å². The van der Waals surface area contributed by atoms with E-state index in [0.717, 1.165) is 12.2 Å². The van der Waals surface area contributed by atoms with Gasteiger partial charge < -0.3 is 14.8 Å². The quantitative estimate of drug-likeness (QED) is 0.853. The second-order valence-corrected chi connectivity index (χ2v) is 5.37. The molecule has 0 unspecified atom stereocenters. The highest BCUT2D eigenvalue weighted by Gasteiger charge is 2.27. The van der Waals surface area contributed by atoms with Crippen molar-refractivity contribution in [3.05, 3.63) is 53.3 Å². The number of benzene rings is 1. The van der Waals surface area contributed by atoms with Crippen molar-refractivity contribution in [3.63, 3.8) is 0 Å². The molecule has 0 aliphatic carbocycles. The second-order valence-electron chi connectivity index (χ2n) is 4.93. The SMILES string of the molecule is C[C@H]1c2cccn2CCN1C(=O)Nc1ccc(Cl)cc1. The van der Waals surface area contributed by atoms with Crippen LogP contribution in [0.4, 0.5) is 10.5 Å². The lowest BCUT2D eigenvalue weighted by atomic mass is 10.1. The molecule has 0 radical (unpaired) electrons. The van der Waals surface area contributed by atoms with Crippen LogP contribution in [0, 0.1) is 0 Å². The minimum atomic E-state index is -0.0766. The van der Waals surface area contributed by atoms with E-state index in [1.54, 1.807) is 24.3 Å². The van der Waals surface area contributed by atoms with E-state index in [9.17, 15) is 4.79 Å². The molecule has 1 aromatic carbocycles. The number of rotatable bonds is 1. The Balaban J connectivity index is 1.73. The monoisotopic (exact) mass is 289 g/mol. The van der Waals surface area contributed by atoms with Crippen molar-refractivity contribution in [1.29, 1.82) is 0 Å². The number of anilines is 1. The summed E-state index contributed by atoms with van der Waals surface area (Å²) in [5.74, 6) is 0. The summed E-state index contributed by atoms with van der Waals surface area (Å²) in [6.45, 7) is 3.59. The fraction of sp³-hybridized carbons (Fsp3) is 0.267. The Hall–Kier alpha value is -1.94. The van der Waals surface area contributed by atoms with Gasteiger partial charge in [0.15, 0.2) is 0 Å². The van der Waals surface area contributed by atoms with E-state index in [0.29, 0.717) is 11.6 Å². The van der Waals surface area contributed by atoms with Crippen molar-refractivity contribution in [1.82, 2.24) is 9.47 Å². The van der Waals surface area contributed by atoms with Crippen LogP contribution in [0.2, 0.25) is 5.02 Å². The number of halogens is 1. The molecule has 2 heterocycles. The van der Waals surface area contributed by atoms with Gasteiger partial charge in [0, 0.05) is 35.7 Å². The highest BCUT2D eigenvalue weighted by Crippen LogP contribution is 2.26. The van der Waals surface area contributed by atoms with Crippen LogP contribution >= 0.6 is 11.6 Å². The minimum Gasteiger partial charge on any atom is -0.348 e. The van der Waals surface area contributed by atoms with Crippen LogP contribution in [0.25, 0.3) is 0 Å². The van der Waals surface area contributed by atoms with Crippen LogP contribution in [-0.4, -0.2) is 22.0 Å². The molecule has 0 saturated heterocycles. The summed E-state index contributed by atoms with van der Waals surface area (Å²) in [5, 5.41) is 3.57. The van der Waals surface area contributed by atoms with E-state index in [1.807, 2.05) is 17.9 Å². The summed E-state index contributed by atoms with van der Waals surface area (Å²) < 4.78 is 2.19. The van der Waals surface area contributed by atoms with E-state index in [4.69, 9.17) is 11.6 Å². The Bertz CT molecular complexity index is 620. The third-order valence-electron chi connectivity index (χ3n) is 3.70. The molecule has 1 N–H and O–H groups in total. The Morgan fingerprint density at radius 2 is 2.00 bits per heavy atom. The van der Waals surface area contributed by atoms with Gasteiger partial charge in [0.1, 0.15) is 0 Å². The molecular formula is C15H16ClN3O. The summed E-state index contributed by atoms with van der Waals surface area (Å²) in [5.41, 5.74) is 1.93. The molecule has 0 fully saturated rings. The molecule has 5 heteroatoms. The smallest absolute Gasteiger partial charge is 0.322 e. The second kappa shape index (κ2) is 5.21. The summed E-state index contributed by atoms with van der Waals surface area (Å²) in [7, 11) is 0. The van der Waals surface area contributed by atoms with Crippen LogP contribution in [0.3, 0.4) is 0 Å². The zero-order chi connectivity index (χ0) is 14.1. The third kappa shape index (κ3) is 2.39. The largest absolute Gasteiger partial charge is 0.348 e. The molecule has 104 valence electrons. The first-order valence-electron chi connectivity index (χ1n) is 6.63. The Morgan fingerprint density at radius 1 is 1.25 bits per heavy atom. The Kier molecular flexibility index (Phi) is 3.40. The number of nitrogens with one attached hydrogen (secondary N) is 1. The van der Waals surface area contributed by atoms with Crippen molar-refractivity contribution in [2.75, 3.05) is 11.9 Å². The van der Waals surface area contributed by atoms with Gasteiger partial charge in [0.25, 0.3) is 0 Å². The molecule has 0 spiro atoms. The number of aromatic nitrogens is 1. The average Bonchev–Trinajstić information content (AvgIpc) is 2.91. The van der Waals surface area contributed by atoms with Gasteiger partial charge >= 0.3 is 6.03 Å². The molecule has 2 amide bonds. The number of hydrogen-bond acceptors (Lipinski definition) is 1. The maximum atomic E-state index is 12.4. The number of fused-ring (bicyclic) bond motifs is 1. The van der Waals surface area contributed by atoms with Gasteiger partial charge in [-0.3, -0.25) is 0 Å². The zero-order valence-electron chi connectivity index (χ0n) is 11.2. The lowest BCUT2D eigenvalue weighted by Gasteiger charge is -2.34. The lowest BCUT2D eigenvalue weighted by Crippen LogP contribution is -2.42. The van der Waals surface area contributed by atoms with Crippen molar-refractivity contribution >= 4 is 23.3 Å². The molecular weight excluding hydrogens is 274 g/mol. The molecule has 2 aromatic rings. The lowest BCUT2D eigenvalue weighted by molar-refractivity contribution is 0.175. The Labute approximate surface area is 123 Å². The van der Waals surface area contributed by atoms with Gasteiger partial charge in [0.2, 0.25) is 0 Å². The topological polar surface area (TPSA) is 37.3 Å². The van der Waals surface area contributed by atoms with Crippen molar-refractivity contribution < 1.29 is 4.79 Å². The number of amides is 2. The van der Waals surface area contributed by atoms with Gasteiger partial charge in [-0.05, 0) is 43.3 Å². The molecule has 1 aliphatic heterocycles. The average molecular weight is 290 g/mol. The van der Waals surface area contributed by atoms with E-state index in [1.165, 1.54) is 5.69 Å². The molecule has 20 heavy (non-hydrogen) atoms. The Morgan fingerprint density at radius 3 is 2.75 bits per heavy atom. The van der Waals surface area contributed by atoms with Crippen LogP contribution < -0.4 is 5.32 Å². The fourth-order valence-corrected chi connectivity index (χ4v) is 2.71. The van der Waals surface area contributed by atoms with Gasteiger partial charge in [-0.1, -0.05) is 11.6 Å².